The van der Waals surface area contributed by atoms with E-state index in [1.54, 1.807) is 4.57 Å². The van der Waals surface area contributed by atoms with Gasteiger partial charge < -0.3 is 4.84 Å². The van der Waals surface area contributed by atoms with E-state index in [-0.39, 0.29) is 17.5 Å². The summed E-state index contributed by atoms with van der Waals surface area (Å²) in [7, 11) is 1.51. The Balaban J connectivity index is 1.58. The van der Waals surface area contributed by atoms with Gasteiger partial charge in [-0.25, -0.2) is 9.31 Å². The molecule has 5 rings (SSSR count). The molecule has 0 amide bonds. The molecule has 0 bridgehead atoms. The van der Waals surface area contributed by atoms with Crippen LogP contribution in [0.25, 0.3) is 28.3 Å². The lowest BCUT2D eigenvalue weighted by molar-refractivity contribution is 0.207. The summed E-state index contributed by atoms with van der Waals surface area (Å²) in [6.07, 6.45) is 1.96. The Bertz CT molecular complexity index is 1870. The highest BCUT2D eigenvalue weighted by Crippen LogP contribution is 2.30. The number of fused-ring (bicyclic) bond motifs is 1. The van der Waals surface area contributed by atoms with E-state index in [4.69, 9.17) is 9.36 Å². The fourth-order valence-corrected chi connectivity index (χ4v) is 5.03. The highest BCUT2D eigenvalue weighted by atomic mass is 16.6. The molecule has 0 saturated carbocycles. The van der Waals surface area contributed by atoms with E-state index in [1.165, 1.54) is 7.11 Å². The van der Waals surface area contributed by atoms with Gasteiger partial charge in [-0.3, -0.25) is 18.9 Å². The first-order valence-electron chi connectivity index (χ1n) is 13.9. The van der Waals surface area contributed by atoms with Gasteiger partial charge in [0.1, 0.15) is 12.9 Å². The Labute approximate surface area is 242 Å². The topological polar surface area (TPSA) is 133 Å². The monoisotopic (exact) mass is 569 g/mol. The van der Waals surface area contributed by atoms with E-state index in [9.17, 15) is 9.59 Å². The molecular weight excluding hydrogens is 534 g/mol. The molecule has 0 aliphatic heterocycles. The molecular formula is C31H35N7O4. The molecule has 218 valence electrons. The Hall–Kier alpha value is -4.80. The van der Waals surface area contributed by atoms with Crippen molar-refractivity contribution in [2.24, 2.45) is 10.6 Å². The minimum atomic E-state index is -0.605. The highest BCUT2D eigenvalue weighted by molar-refractivity contribution is 5.89. The van der Waals surface area contributed by atoms with Crippen molar-refractivity contribution >= 4 is 11.5 Å². The third-order valence-corrected chi connectivity index (χ3v) is 7.17. The highest BCUT2D eigenvalue weighted by Gasteiger charge is 2.25. The van der Waals surface area contributed by atoms with Crippen LogP contribution < -0.4 is 11.3 Å². The molecule has 0 unspecified atom stereocenters. The second kappa shape index (κ2) is 11.6. The fourth-order valence-electron chi connectivity index (χ4n) is 5.03. The molecule has 3 aromatic heterocycles. The molecule has 11 nitrogen and oxygen atoms in total. The zero-order chi connectivity index (χ0) is 30.0. The summed E-state index contributed by atoms with van der Waals surface area (Å²) < 4.78 is 8.18. The zero-order valence-electron chi connectivity index (χ0n) is 24.8. The van der Waals surface area contributed by atoms with Crippen LogP contribution in [0.5, 0.6) is 0 Å². The number of aryl methyl sites for hydroxylation is 2. The number of aromatic nitrogens is 6. The molecule has 0 aliphatic rings. The third kappa shape index (κ3) is 5.67. The Morgan fingerprint density at radius 2 is 1.79 bits per heavy atom. The fraction of sp³-hybridized carbons (Fsp3) is 0.355. The van der Waals surface area contributed by atoms with Gasteiger partial charge in [0.15, 0.2) is 5.82 Å². The quantitative estimate of drug-likeness (QED) is 0.199. The number of hydrogen-bond donors (Lipinski definition) is 1. The maximum Gasteiger partial charge on any atom is 0.439 e. The predicted molar refractivity (Wildman–Crippen MR) is 161 cm³/mol. The second-order valence-electron chi connectivity index (χ2n) is 11.3. The minimum Gasteiger partial charge on any atom is -0.399 e. The number of benzene rings is 2. The molecule has 0 aliphatic carbocycles. The first kappa shape index (κ1) is 28.7. The van der Waals surface area contributed by atoms with Gasteiger partial charge in [0, 0.05) is 23.0 Å². The normalized spacial score (nSPS) is 12.3. The van der Waals surface area contributed by atoms with Crippen LogP contribution in [0.4, 0.5) is 0 Å². The lowest BCUT2D eigenvalue weighted by Gasteiger charge is -2.22. The van der Waals surface area contributed by atoms with Crippen molar-refractivity contribution in [3.05, 3.63) is 92.1 Å². The summed E-state index contributed by atoms with van der Waals surface area (Å²) in [5.74, 6) is 0.851. The number of oxime groups is 1. The molecule has 11 heteroatoms. The average molecular weight is 570 g/mol. The van der Waals surface area contributed by atoms with Crippen LogP contribution in [-0.2, 0) is 24.2 Å². The van der Waals surface area contributed by atoms with Crippen LogP contribution in [-0.4, -0.2) is 42.1 Å². The van der Waals surface area contributed by atoms with Gasteiger partial charge in [-0.2, -0.15) is 10.1 Å². The van der Waals surface area contributed by atoms with Crippen molar-refractivity contribution in [1.82, 2.24) is 29.3 Å². The zero-order valence-corrected chi connectivity index (χ0v) is 24.8. The number of nitrogens with one attached hydrogen (secondary N) is 1. The van der Waals surface area contributed by atoms with Crippen molar-refractivity contribution in [3.63, 3.8) is 0 Å². The molecule has 0 atom stereocenters. The summed E-state index contributed by atoms with van der Waals surface area (Å²) in [4.78, 5) is 38.1. The van der Waals surface area contributed by atoms with Gasteiger partial charge in [0.05, 0.1) is 18.0 Å². The summed E-state index contributed by atoms with van der Waals surface area (Å²) in [6, 6.07) is 15.7. The summed E-state index contributed by atoms with van der Waals surface area (Å²) >= 11 is 0. The van der Waals surface area contributed by atoms with Crippen molar-refractivity contribution in [2.45, 2.75) is 60.4 Å². The number of hydrogen-bond acceptors (Lipinski definition) is 8. The number of rotatable bonds is 9. The van der Waals surface area contributed by atoms with Crippen molar-refractivity contribution in [1.29, 1.82) is 0 Å². The lowest BCUT2D eigenvalue weighted by atomic mass is 9.90. The smallest absolute Gasteiger partial charge is 0.399 e. The Morgan fingerprint density at radius 1 is 1.07 bits per heavy atom. The Kier molecular flexibility index (Phi) is 7.93. The average Bonchev–Trinajstić information content (AvgIpc) is 3.57. The SMILES string of the molecule is CCCc1c(Cc2ccc(-c3ccccc3-c3noc(=O)[nH]3)cc2)c(=O)n(C/C(=N\OC)C(C)(C)C)c2nc(C)nn12. The number of aromatic amines is 1. The molecule has 0 radical (unpaired) electrons. The first-order chi connectivity index (χ1) is 20.1. The van der Waals surface area contributed by atoms with Crippen LogP contribution in [0.15, 0.2) is 67.8 Å². The van der Waals surface area contributed by atoms with Crippen molar-refractivity contribution < 1.29 is 9.36 Å². The maximum atomic E-state index is 14.2. The van der Waals surface area contributed by atoms with E-state index in [0.29, 0.717) is 35.8 Å². The number of H-pyrrole nitrogens is 1. The van der Waals surface area contributed by atoms with Crippen LogP contribution in [0.1, 0.15) is 56.8 Å². The van der Waals surface area contributed by atoms with Gasteiger partial charge in [0.2, 0.25) is 5.78 Å². The van der Waals surface area contributed by atoms with E-state index in [2.05, 4.69) is 32.3 Å². The van der Waals surface area contributed by atoms with Crippen LogP contribution in [0.3, 0.4) is 0 Å². The lowest BCUT2D eigenvalue weighted by Crippen LogP contribution is -2.35. The van der Waals surface area contributed by atoms with Crippen molar-refractivity contribution in [3.8, 4) is 22.5 Å². The largest absolute Gasteiger partial charge is 0.439 e. The molecule has 5 aromatic rings. The van der Waals surface area contributed by atoms with E-state index < -0.39 is 5.76 Å². The number of nitrogens with zero attached hydrogens (tertiary/aromatic N) is 6. The van der Waals surface area contributed by atoms with Crippen molar-refractivity contribution in [2.75, 3.05) is 7.11 Å². The first-order valence-corrected chi connectivity index (χ1v) is 13.9. The van der Waals surface area contributed by atoms with E-state index >= 15 is 0 Å². The molecule has 42 heavy (non-hydrogen) atoms. The van der Waals surface area contributed by atoms with E-state index in [1.807, 2.05) is 80.7 Å². The maximum absolute atomic E-state index is 14.2. The van der Waals surface area contributed by atoms with Gasteiger partial charge in [-0.1, -0.05) is 93.0 Å². The Morgan fingerprint density at radius 3 is 2.40 bits per heavy atom. The van der Waals surface area contributed by atoms with Crippen LogP contribution in [0, 0.1) is 12.3 Å². The molecule has 1 N–H and O–H groups in total. The molecule has 0 spiro atoms. The third-order valence-electron chi connectivity index (χ3n) is 7.17. The van der Waals surface area contributed by atoms with Gasteiger partial charge >= 0.3 is 5.76 Å². The second-order valence-corrected chi connectivity index (χ2v) is 11.3. The minimum absolute atomic E-state index is 0.115. The van der Waals surface area contributed by atoms with E-state index in [0.717, 1.165) is 40.1 Å². The summed E-state index contributed by atoms with van der Waals surface area (Å²) in [5.41, 5.74) is 5.39. The van der Waals surface area contributed by atoms with Crippen LogP contribution in [0.2, 0.25) is 0 Å². The predicted octanol–water partition coefficient (Wildman–Crippen LogP) is 4.80. The molecule has 2 aromatic carbocycles. The van der Waals surface area contributed by atoms with Crippen LogP contribution >= 0.6 is 0 Å². The molecule has 3 heterocycles. The standard InChI is InChI=1S/C31H35N7O4/c1-7-10-25-24(28(39)37(29-32-19(2)34-38(25)29)18-26(35-41-6)31(3,4)5)17-20-13-15-21(16-14-20)22-11-8-9-12-23(22)27-33-30(40)42-36-27/h8-9,11-16H,7,10,17-18H2,1-6H3,(H,33,36,40)/b35-26+. The molecule has 0 fully saturated rings. The molecule has 0 saturated heterocycles. The summed E-state index contributed by atoms with van der Waals surface area (Å²) in [6.45, 7) is 10.3. The van der Waals surface area contributed by atoms with Gasteiger partial charge in [-0.05, 0) is 30.0 Å². The van der Waals surface area contributed by atoms with Gasteiger partial charge in [0.25, 0.3) is 5.56 Å². The summed E-state index contributed by atoms with van der Waals surface area (Å²) in [5, 5.41) is 12.8. The van der Waals surface area contributed by atoms with Gasteiger partial charge in [-0.15, -0.1) is 0 Å².